The standard InChI is InChI=1S/C29H37N3O6/c1-16(2)30-26(34)19-14-29(36)21-13-18-5-6-20(33)24-23(18)28(29,7-8-32(21)15-17-3-4-17)25(38-24)22(19)27(35)31-9-11-37-12-10-31/h5-6,16-17,21,25,33,36H,3-4,7-15H2,1-2H3,(H,30,34)/t21-,25+,28+,29-/m1/s1. The molecule has 3 aliphatic heterocycles. The number of aliphatic hydroxyl groups is 1. The predicted molar refractivity (Wildman–Crippen MR) is 138 cm³/mol. The Morgan fingerprint density at radius 3 is 2.66 bits per heavy atom. The summed E-state index contributed by atoms with van der Waals surface area (Å²) in [5.41, 5.74) is 0.319. The molecule has 1 aromatic carbocycles. The molecule has 38 heavy (non-hydrogen) atoms. The third-order valence-electron chi connectivity index (χ3n) is 9.77. The lowest BCUT2D eigenvalue weighted by Crippen LogP contribution is -2.76. The molecule has 3 N–H and O–H groups in total. The Hall–Kier alpha value is -2.62. The first kappa shape index (κ1) is 24.4. The highest BCUT2D eigenvalue weighted by Gasteiger charge is 2.73. The van der Waals surface area contributed by atoms with Crippen LogP contribution in [0.3, 0.4) is 0 Å². The van der Waals surface area contributed by atoms with Gasteiger partial charge in [-0.15, -0.1) is 0 Å². The van der Waals surface area contributed by atoms with E-state index in [-0.39, 0.29) is 36.1 Å². The second-order valence-electron chi connectivity index (χ2n) is 12.4. The average Bonchev–Trinajstić information content (AvgIpc) is 3.63. The van der Waals surface area contributed by atoms with E-state index in [1.165, 1.54) is 12.8 Å². The zero-order valence-corrected chi connectivity index (χ0v) is 22.2. The molecule has 1 saturated carbocycles. The van der Waals surface area contributed by atoms with Crippen LogP contribution < -0.4 is 10.1 Å². The van der Waals surface area contributed by atoms with E-state index in [1.807, 2.05) is 19.9 Å². The third-order valence-corrected chi connectivity index (χ3v) is 9.77. The molecule has 3 fully saturated rings. The van der Waals surface area contributed by atoms with E-state index in [2.05, 4.69) is 10.2 Å². The van der Waals surface area contributed by atoms with E-state index in [0.29, 0.717) is 62.0 Å². The predicted octanol–water partition coefficient (Wildman–Crippen LogP) is 1.25. The number of ether oxygens (including phenoxy) is 2. The lowest BCUT2D eigenvalue weighted by Gasteiger charge is -2.63. The summed E-state index contributed by atoms with van der Waals surface area (Å²) in [6.07, 6.45) is 2.88. The molecule has 2 amide bonds. The first-order valence-electron chi connectivity index (χ1n) is 14.1. The van der Waals surface area contributed by atoms with Crippen molar-refractivity contribution >= 4 is 11.8 Å². The van der Waals surface area contributed by atoms with Crippen LogP contribution in [-0.4, -0.2) is 95.0 Å². The molecule has 2 bridgehead atoms. The average molecular weight is 524 g/mol. The van der Waals surface area contributed by atoms with Crippen molar-refractivity contribution in [2.75, 3.05) is 39.4 Å². The molecule has 9 heteroatoms. The summed E-state index contributed by atoms with van der Waals surface area (Å²) < 4.78 is 12.1. The van der Waals surface area contributed by atoms with E-state index in [9.17, 15) is 19.8 Å². The number of nitrogens with one attached hydrogen (secondary N) is 1. The van der Waals surface area contributed by atoms with Crippen molar-refractivity contribution in [1.82, 2.24) is 15.1 Å². The number of benzene rings is 1. The highest BCUT2D eigenvalue weighted by atomic mass is 16.5. The number of aromatic hydroxyl groups is 1. The minimum absolute atomic E-state index is 0.0140. The molecule has 0 aromatic heterocycles. The molecular formula is C29H37N3O6. The number of hydrogen-bond acceptors (Lipinski definition) is 7. The zero-order chi connectivity index (χ0) is 26.4. The van der Waals surface area contributed by atoms with Crippen molar-refractivity contribution in [3.63, 3.8) is 0 Å². The van der Waals surface area contributed by atoms with E-state index in [0.717, 1.165) is 24.2 Å². The molecule has 9 nitrogen and oxygen atoms in total. The van der Waals surface area contributed by atoms with Gasteiger partial charge in [-0.3, -0.25) is 14.5 Å². The number of carbonyl (C=O) groups excluding carboxylic acids is 2. The van der Waals surface area contributed by atoms with Gasteiger partial charge in [0.1, 0.15) is 6.10 Å². The summed E-state index contributed by atoms with van der Waals surface area (Å²) in [4.78, 5) is 32.1. The van der Waals surface area contributed by atoms with Crippen molar-refractivity contribution in [3.05, 3.63) is 34.4 Å². The summed E-state index contributed by atoms with van der Waals surface area (Å²) in [6.45, 7) is 7.25. The second-order valence-corrected chi connectivity index (χ2v) is 12.4. The Labute approximate surface area is 222 Å². The van der Waals surface area contributed by atoms with Gasteiger partial charge in [-0.1, -0.05) is 6.07 Å². The molecule has 6 aliphatic rings. The Bertz CT molecular complexity index is 1230. The van der Waals surface area contributed by atoms with E-state index in [1.54, 1.807) is 11.0 Å². The monoisotopic (exact) mass is 523 g/mol. The lowest BCUT2D eigenvalue weighted by molar-refractivity contribution is -0.170. The SMILES string of the molecule is CC(C)NC(=O)C1=C(C(=O)N2CCOCC2)[C@@H]2Oc3c(O)ccc4c3[C@@]23CCN(CC2CC2)[C@H](C4)[C@]3(O)C1. The molecular weight excluding hydrogens is 486 g/mol. The van der Waals surface area contributed by atoms with Gasteiger partial charge in [0.15, 0.2) is 11.5 Å². The number of carbonyl (C=O) groups is 2. The highest BCUT2D eigenvalue weighted by molar-refractivity contribution is 6.07. The maximum Gasteiger partial charge on any atom is 0.254 e. The fourth-order valence-corrected chi connectivity index (χ4v) is 7.92. The zero-order valence-electron chi connectivity index (χ0n) is 22.2. The maximum atomic E-state index is 14.2. The number of amides is 2. The van der Waals surface area contributed by atoms with Gasteiger partial charge in [0, 0.05) is 49.3 Å². The van der Waals surface area contributed by atoms with Crippen LogP contribution in [0.2, 0.25) is 0 Å². The maximum absolute atomic E-state index is 14.2. The Morgan fingerprint density at radius 1 is 1.18 bits per heavy atom. The number of hydrogen-bond donors (Lipinski definition) is 3. The van der Waals surface area contributed by atoms with Crippen LogP contribution >= 0.6 is 0 Å². The van der Waals surface area contributed by atoms with Crippen LogP contribution in [0.1, 0.15) is 50.7 Å². The van der Waals surface area contributed by atoms with Crippen LogP contribution in [0.15, 0.2) is 23.3 Å². The summed E-state index contributed by atoms with van der Waals surface area (Å²) in [5.74, 6) is 0.459. The van der Waals surface area contributed by atoms with Gasteiger partial charge in [0.25, 0.3) is 5.91 Å². The second kappa shape index (κ2) is 8.44. The van der Waals surface area contributed by atoms with Gasteiger partial charge >= 0.3 is 0 Å². The summed E-state index contributed by atoms with van der Waals surface area (Å²) in [7, 11) is 0. The molecule has 2 saturated heterocycles. The number of piperidine rings is 1. The van der Waals surface area contributed by atoms with E-state index in [4.69, 9.17) is 9.47 Å². The Kier molecular flexibility index (Phi) is 5.42. The highest BCUT2D eigenvalue weighted by Crippen LogP contribution is 2.66. The topological polar surface area (TPSA) is 112 Å². The lowest BCUT2D eigenvalue weighted by atomic mass is 9.48. The number of phenolic OH excluding ortho intramolecular Hbond substituents is 1. The minimum Gasteiger partial charge on any atom is -0.504 e. The molecule has 0 unspecified atom stereocenters. The molecule has 1 aromatic rings. The van der Waals surface area contributed by atoms with Gasteiger partial charge in [0.05, 0.1) is 29.8 Å². The van der Waals surface area contributed by atoms with Crippen molar-refractivity contribution in [2.24, 2.45) is 5.92 Å². The van der Waals surface area contributed by atoms with Crippen LogP contribution in [0.25, 0.3) is 0 Å². The molecule has 7 rings (SSSR count). The fourth-order valence-electron chi connectivity index (χ4n) is 7.92. The molecule has 4 atom stereocenters. The molecule has 0 radical (unpaired) electrons. The summed E-state index contributed by atoms with van der Waals surface area (Å²) >= 11 is 0. The van der Waals surface area contributed by atoms with Gasteiger partial charge in [0.2, 0.25) is 5.91 Å². The normalized spacial score (nSPS) is 33.7. The number of phenols is 1. The number of morpholine rings is 1. The summed E-state index contributed by atoms with van der Waals surface area (Å²) in [6, 6.07) is 3.28. The van der Waals surface area contributed by atoms with Crippen LogP contribution in [0.4, 0.5) is 0 Å². The van der Waals surface area contributed by atoms with Crippen LogP contribution in [0, 0.1) is 5.92 Å². The number of rotatable bonds is 5. The molecule has 204 valence electrons. The van der Waals surface area contributed by atoms with Crippen LogP contribution in [0.5, 0.6) is 11.5 Å². The van der Waals surface area contributed by atoms with Crippen LogP contribution in [-0.2, 0) is 26.2 Å². The molecule has 3 heterocycles. The number of likely N-dealkylation sites (tertiary alicyclic amines) is 1. The Balaban J connectivity index is 1.43. The smallest absolute Gasteiger partial charge is 0.254 e. The van der Waals surface area contributed by atoms with Gasteiger partial charge in [-0.25, -0.2) is 0 Å². The quantitative estimate of drug-likeness (QED) is 0.533. The van der Waals surface area contributed by atoms with E-state index >= 15 is 0 Å². The molecule has 3 aliphatic carbocycles. The van der Waals surface area contributed by atoms with Crippen molar-refractivity contribution in [3.8, 4) is 11.5 Å². The minimum atomic E-state index is -1.31. The van der Waals surface area contributed by atoms with Gasteiger partial charge < -0.3 is 29.9 Å². The number of nitrogens with zero attached hydrogens (tertiary/aromatic N) is 2. The third kappa shape index (κ3) is 3.27. The van der Waals surface area contributed by atoms with Crippen molar-refractivity contribution in [1.29, 1.82) is 0 Å². The van der Waals surface area contributed by atoms with Crippen molar-refractivity contribution in [2.45, 2.75) is 75.2 Å². The van der Waals surface area contributed by atoms with Gasteiger partial charge in [-0.2, -0.15) is 0 Å². The van der Waals surface area contributed by atoms with Crippen molar-refractivity contribution < 1.29 is 29.3 Å². The van der Waals surface area contributed by atoms with Gasteiger partial charge in [-0.05, 0) is 63.6 Å². The Morgan fingerprint density at radius 2 is 1.95 bits per heavy atom. The first-order chi connectivity index (χ1) is 18.2. The summed E-state index contributed by atoms with van der Waals surface area (Å²) in [5, 5.41) is 26.8. The first-order valence-corrected chi connectivity index (χ1v) is 14.1. The fraction of sp³-hybridized carbons (Fsp3) is 0.655. The molecule has 1 spiro atoms. The van der Waals surface area contributed by atoms with E-state index < -0.39 is 17.1 Å². The largest absolute Gasteiger partial charge is 0.504 e.